The van der Waals surface area contributed by atoms with Gasteiger partial charge in [-0.15, -0.1) is 0 Å². The van der Waals surface area contributed by atoms with Gasteiger partial charge in [-0.05, 0) is 52.6 Å². The van der Waals surface area contributed by atoms with Gasteiger partial charge in [-0.2, -0.15) is 5.26 Å². The van der Waals surface area contributed by atoms with Crippen LogP contribution in [0.25, 0.3) is 0 Å². The van der Waals surface area contributed by atoms with Crippen molar-refractivity contribution in [3.8, 4) is 6.07 Å². The van der Waals surface area contributed by atoms with Crippen molar-refractivity contribution in [2.45, 2.75) is 52.1 Å². The van der Waals surface area contributed by atoms with Crippen LogP contribution >= 0.6 is 0 Å². The van der Waals surface area contributed by atoms with Crippen LogP contribution in [0.3, 0.4) is 0 Å². The first-order valence-corrected chi connectivity index (χ1v) is 6.74. The summed E-state index contributed by atoms with van der Waals surface area (Å²) in [5, 5.41) is 8.93. The zero-order valence-corrected chi connectivity index (χ0v) is 11.5. The number of hydrogen-bond acceptors (Lipinski definition) is 3. The van der Waals surface area contributed by atoms with Crippen LogP contribution in [0.1, 0.15) is 46.0 Å². The topological polar surface area (TPSA) is 36.3 Å². The number of likely N-dealkylation sites (tertiary alicyclic amines) is 1. The minimum absolute atomic E-state index is 0.156. The number of rotatable bonds is 6. The molecule has 0 aliphatic carbocycles. The van der Waals surface area contributed by atoms with Crippen molar-refractivity contribution in [3.05, 3.63) is 0 Å². The van der Waals surface area contributed by atoms with E-state index >= 15 is 0 Å². The number of methoxy groups -OCH3 is 1. The Morgan fingerprint density at radius 3 is 2.82 bits per heavy atom. The molecule has 0 bridgehead atoms. The van der Waals surface area contributed by atoms with E-state index in [9.17, 15) is 0 Å². The van der Waals surface area contributed by atoms with Crippen molar-refractivity contribution in [1.82, 2.24) is 4.90 Å². The van der Waals surface area contributed by atoms with Gasteiger partial charge in [-0.25, -0.2) is 0 Å². The first kappa shape index (κ1) is 14.5. The summed E-state index contributed by atoms with van der Waals surface area (Å²) in [5.41, 5.74) is -0.156. The van der Waals surface area contributed by atoms with Crippen LogP contribution in [-0.4, -0.2) is 37.7 Å². The maximum Gasteiger partial charge on any atom is 0.0698 e. The van der Waals surface area contributed by atoms with Crippen molar-refractivity contribution in [1.29, 1.82) is 5.26 Å². The van der Waals surface area contributed by atoms with Gasteiger partial charge in [0.25, 0.3) is 0 Å². The van der Waals surface area contributed by atoms with E-state index in [1.54, 1.807) is 0 Å². The fourth-order valence-corrected chi connectivity index (χ4v) is 2.37. The molecule has 0 aromatic carbocycles. The molecule has 1 atom stereocenters. The highest BCUT2D eigenvalue weighted by Gasteiger charge is 2.19. The van der Waals surface area contributed by atoms with E-state index in [1.807, 2.05) is 21.0 Å². The Labute approximate surface area is 106 Å². The van der Waals surface area contributed by atoms with Crippen LogP contribution in [-0.2, 0) is 4.74 Å². The Morgan fingerprint density at radius 2 is 2.18 bits per heavy atom. The summed E-state index contributed by atoms with van der Waals surface area (Å²) in [5.74, 6) is 0. The van der Waals surface area contributed by atoms with Crippen LogP contribution in [0.5, 0.6) is 0 Å². The highest BCUT2D eigenvalue weighted by molar-refractivity contribution is 4.91. The first-order chi connectivity index (χ1) is 8.07. The molecule has 0 N–H and O–H groups in total. The number of unbranched alkanes of at least 4 members (excludes halogenated alkanes) is 1. The molecule has 1 aliphatic heterocycles. The van der Waals surface area contributed by atoms with Crippen molar-refractivity contribution in [2.24, 2.45) is 5.41 Å². The summed E-state index contributed by atoms with van der Waals surface area (Å²) in [6.07, 6.45) is 6.23. The van der Waals surface area contributed by atoms with Crippen molar-refractivity contribution >= 4 is 0 Å². The highest BCUT2D eigenvalue weighted by atomic mass is 16.5. The van der Waals surface area contributed by atoms with Gasteiger partial charge in [-0.1, -0.05) is 6.42 Å². The number of nitriles is 1. The molecule has 0 amide bonds. The van der Waals surface area contributed by atoms with E-state index in [0.29, 0.717) is 6.10 Å². The van der Waals surface area contributed by atoms with E-state index in [-0.39, 0.29) is 5.41 Å². The van der Waals surface area contributed by atoms with Gasteiger partial charge < -0.3 is 9.64 Å². The van der Waals surface area contributed by atoms with Crippen LogP contribution < -0.4 is 0 Å². The smallest absolute Gasteiger partial charge is 0.0698 e. The molecule has 0 aromatic rings. The number of nitrogens with zero attached hydrogens (tertiary/aromatic N) is 2. The molecular formula is C14H26N2O. The average Bonchev–Trinajstić information content (AvgIpc) is 2.35. The normalized spacial score (nSPS) is 22.4. The van der Waals surface area contributed by atoms with Crippen LogP contribution in [0.15, 0.2) is 0 Å². The standard InChI is InChI=1S/C14H26N2O/c1-14(2,12-15)8-4-5-9-16-10-6-7-13(11-16)17-3/h13H,4-11H2,1-3H3. The quantitative estimate of drug-likeness (QED) is 0.668. The Kier molecular flexibility index (Phi) is 5.94. The molecule has 1 heterocycles. The van der Waals surface area contributed by atoms with Gasteiger partial charge in [-0.3, -0.25) is 0 Å². The van der Waals surface area contributed by atoms with Crippen LogP contribution in [0, 0.1) is 16.7 Å². The minimum atomic E-state index is -0.156. The number of piperidine rings is 1. The summed E-state index contributed by atoms with van der Waals surface area (Å²) in [6.45, 7) is 7.49. The van der Waals surface area contributed by atoms with E-state index in [1.165, 1.54) is 25.8 Å². The van der Waals surface area contributed by atoms with Gasteiger partial charge in [0.15, 0.2) is 0 Å². The van der Waals surface area contributed by atoms with E-state index in [2.05, 4.69) is 11.0 Å². The van der Waals surface area contributed by atoms with Gasteiger partial charge in [0.2, 0.25) is 0 Å². The van der Waals surface area contributed by atoms with Gasteiger partial charge >= 0.3 is 0 Å². The number of ether oxygens (including phenoxy) is 1. The van der Waals surface area contributed by atoms with E-state index in [0.717, 1.165) is 25.9 Å². The molecular weight excluding hydrogens is 212 g/mol. The molecule has 1 aliphatic rings. The highest BCUT2D eigenvalue weighted by Crippen LogP contribution is 2.22. The lowest BCUT2D eigenvalue weighted by molar-refractivity contribution is 0.0307. The second-order valence-corrected chi connectivity index (χ2v) is 5.75. The predicted molar refractivity (Wildman–Crippen MR) is 69.7 cm³/mol. The molecule has 17 heavy (non-hydrogen) atoms. The molecule has 3 heteroatoms. The molecule has 1 unspecified atom stereocenters. The Balaban J connectivity index is 2.12. The summed E-state index contributed by atoms with van der Waals surface area (Å²) in [7, 11) is 1.81. The van der Waals surface area contributed by atoms with Crippen LogP contribution in [0.4, 0.5) is 0 Å². The largest absolute Gasteiger partial charge is 0.380 e. The summed E-state index contributed by atoms with van der Waals surface area (Å²) in [6, 6.07) is 2.36. The fourth-order valence-electron chi connectivity index (χ4n) is 2.37. The van der Waals surface area contributed by atoms with Crippen molar-refractivity contribution in [2.75, 3.05) is 26.7 Å². The van der Waals surface area contributed by atoms with Crippen LogP contribution in [0.2, 0.25) is 0 Å². The molecule has 1 fully saturated rings. The number of hydrogen-bond donors (Lipinski definition) is 0. The molecule has 1 rings (SSSR count). The molecule has 3 nitrogen and oxygen atoms in total. The third-order valence-corrected chi connectivity index (χ3v) is 3.62. The lowest BCUT2D eigenvalue weighted by atomic mass is 9.89. The maximum atomic E-state index is 8.93. The lowest BCUT2D eigenvalue weighted by Gasteiger charge is -2.31. The third-order valence-electron chi connectivity index (χ3n) is 3.62. The van der Waals surface area contributed by atoms with Gasteiger partial charge in [0, 0.05) is 13.7 Å². The second kappa shape index (κ2) is 6.98. The Bertz CT molecular complexity index is 257. The monoisotopic (exact) mass is 238 g/mol. The zero-order chi connectivity index (χ0) is 12.7. The predicted octanol–water partition coefficient (Wildman–Crippen LogP) is 2.82. The van der Waals surface area contributed by atoms with E-state index in [4.69, 9.17) is 10.00 Å². The molecule has 0 saturated carbocycles. The average molecular weight is 238 g/mol. The van der Waals surface area contributed by atoms with E-state index < -0.39 is 0 Å². The Morgan fingerprint density at radius 1 is 1.41 bits per heavy atom. The second-order valence-electron chi connectivity index (χ2n) is 5.75. The van der Waals surface area contributed by atoms with Crippen molar-refractivity contribution in [3.63, 3.8) is 0 Å². The zero-order valence-electron chi connectivity index (χ0n) is 11.5. The molecule has 98 valence electrons. The fraction of sp³-hybridized carbons (Fsp3) is 0.929. The summed E-state index contributed by atoms with van der Waals surface area (Å²) in [4.78, 5) is 2.50. The maximum absolute atomic E-state index is 8.93. The van der Waals surface area contributed by atoms with Gasteiger partial charge in [0.05, 0.1) is 17.6 Å². The molecule has 0 spiro atoms. The minimum Gasteiger partial charge on any atom is -0.380 e. The molecule has 0 radical (unpaired) electrons. The van der Waals surface area contributed by atoms with Gasteiger partial charge in [0.1, 0.15) is 0 Å². The summed E-state index contributed by atoms with van der Waals surface area (Å²) < 4.78 is 5.41. The Hall–Kier alpha value is -0.590. The summed E-state index contributed by atoms with van der Waals surface area (Å²) >= 11 is 0. The van der Waals surface area contributed by atoms with Crippen molar-refractivity contribution < 1.29 is 4.74 Å². The SMILES string of the molecule is COC1CCCN(CCCCC(C)(C)C#N)C1. The molecule has 1 saturated heterocycles. The third kappa shape index (κ3) is 5.52. The first-order valence-electron chi connectivity index (χ1n) is 6.74. The molecule has 0 aromatic heterocycles. The lowest BCUT2D eigenvalue weighted by Crippen LogP contribution is -2.39.